The van der Waals surface area contributed by atoms with Gasteiger partial charge in [-0.15, -0.1) is 0 Å². The molecule has 0 aliphatic carbocycles. The highest BCUT2D eigenvalue weighted by Gasteiger charge is 2.03. The van der Waals surface area contributed by atoms with E-state index in [1.807, 2.05) is 0 Å². The lowest BCUT2D eigenvalue weighted by atomic mass is 9.84. The highest BCUT2D eigenvalue weighted by Crippen LogP contribution is 1.96. The van der Waals surface area contributed by atoms with E-state index in [0.717, 1.165) is 12.8 Å². The molecule has 0 heterocycles. The van der Waals surface area contributed by atoms with Crippen LogP contribution in [0.25, 0.3) is 0 Å². The van der Waals surface area contributed by atoms with Crippen LogP contribution in [0.4, 0.5) is 0 Å². The van der Waals surface area contributed by atoms with Crippen molar-refractivity contribution in [1.82, 2.24) is 0 Å². The molecule has 0 bridgehead atoms. The Bertz CT molecular complexity index is 58.2. The summed E-state index contributed by atoms with van der Waals surface area (Å²) in [4.78, 5) is 0. The average Bonchev–Trinajstić information content (AvgIpc) is 1.80. The molecule has 54 valence electrons. The van der Waals surface area contributed by atoms with Gasteiger partial charge in [0.1, 0.15) is 0 Å². The van der Waals surface area contributed by atoms with Crippen LogP contribution in [0.5, 0.6) is 0 Å². The summed E-state index contributed by atoms with van der Waals surface area (Å²) in [6.07, 6.45) is 2.16. The van der Waals surface area contributed by atoms with E-state index in [0.29, 0.717) is 12.9 Å². The number of hydrogen-bond donors (Lipinski definition) is 2. The predicted molar refractivity (Wildman–Crippen MR) is 36.1 cm³/mol. The molecule has 0 aliphatic rings. The minimum absolute atomic E-state index is 0.448. The van der Waals surface area contributed by atoms with Crippen LogP contribution >= 0.6 is 0 Å². The zero-order valence-electron chi connectivity index (χ0n) is 5.71. The normalized spacial score (nSPS) is 9.67. The first-order chi connectivity index (χ1) is 4.27. The molecule has 0 saturated heterocycles. The Morgan fingerprint density at radius 1 is 1.33 bits per heavy atom. The second kappa shape index (κ2) is 6.07. The van der Waals surface area contributed by atoms with Crippen LogP contribution in [0.1, 0.15) is 12.8 Å². The molecule has 0 fully saturated rings. The van der Waals surface area contributed by atoms with Crippen molar-refractivity contribution in [3.8, 4) is 0 Å². The molecule has 0 aromatic heterocycles. The van der Waals surface area contributed by atoms with Crippen LogP contribution in [0, 0.1) is 0 Å². The van der Waals surface area contributed by atoms with Crippen LogP contribution in [-0.4, -0.2) is 30.9 Å². The average molecular weight is 132 g/mol. The summed E-state index contributed by atoms with van der Waals surface area (Å²) in [5.41, 5.74) is 0. The lowest BCUT2D eigenvalue weighted by molar-refractivity contribution is 0.193. The molecule has 0 aromatic carbocycles. The summed E-state index contributed by atoms with van der Waals surface area (Å²) in [5.74, 6) is 0. The van der Waals surface area contributed by atoms with Gasteiger partial charge < -0.3 is 14.8 Å². The van der Waals surface area contributed by atoms with E-state index >= 15 is 0 Å². The van der Waals surface area contributed by atoms with Gasteiger partial charge in [-0.05, 0) is 12.7 Å². The Hall–Kier alpha value is -0.0551. The van der Waals surface area contributed by atoms with Gasteiger partial charge in [-0.25, -0.2) is 0 Å². The molecule has 2 N–H and O–H groups in total. The van der Waals surface area contributed by atoms with E-state index in [2.05, 4.69) is 0 Å². The molecular weight excluding hydrogens is 119 g/mol. The smallest absolute Gasteiger partial charge is 0.427 e. The number of ether oxygens (including phenoxy) is 1. The largest absolute Gasteiger partial charge is 0.451 e. The molecule has 0 rings (SSSR count). The Morgan fingerprint density at radius 2 is 2.00 bits per heavy atom. The highest BCUT2D eigenvalue weighted by molar-refractivity contribution is 6.40. The van der Waals surface area contributed by atoms with Crippen molar-refractivity contribution in [2.75, 3.05) is 13.7 Å². The van der Waals surface area contributed by atoms with Gasteiger partial charge in [0.05, 0.1) is 0 Å². The molecule has 3 nitrogen and oxygen atoms in total. The van der Waals surface area contributed by atoms with Crippen LogP contribution in [0.3, 0.4) is 0 Å². The number of hydrogen-bond acceptors (Lipinski definition) is 3. The van der Waals surface area contributed by atoms with Crippen molar-refractivity contribution in [3.63, 3.8) is 0 Å². The number of rotatable bonds is 5. The third-order valence-corrected chi connectivity index (χ3v) is 1.06. The standard InChI is InChI=1S/C5H13BO3/c1-9-5-3-2-4-6(7)8/h7-8H,2-5H2,1H3. The van der Waals surface area contributed by atoms with Crippen molar-refractivity contribution in [2.45, 2.75) is 19.2 Å². The second-order valence-corrected chi connectivity index (χ2v) is 1.97. The van der Waals surface area contributed by atoms with Crippen LogP contribution in [-0.2, 0) is 4.74 Å². The Balaban J connectivity index is 2.75. The fourth-order valence-electron chi connectivity index (χ4n) is 0.573. The molecular formula is C5H13BO3. The predicted octanol–water partition coefficient (Wildman–Crippen LogP) is -0.114. The van der Waals surface area contributed by atoms with E-state index in [1.165, 1.54) is 0 Å². The maximum atomic E-state index is 8.37. The van der Waals surface area contributed by atoms with Gasteiger partial charge in [-0.3, -0.25) is 0 Å². The van der Waals surface area contributed by atoms with Crippen LogP contribution in [0.15, 0.2) is 0 Å². The molecule has 0 unspecified atom stereocenters. The van der Waals surface area contributed by atoms with Gasteiger partial charge in [0, 0.05) is 13.7 Å². The Morgan fingerprint density at radius 3 is 2.44 bits per heavy atom. The summed E-state index contributed by atoms with van der Waals surface area (Å²) < 4.78 is 4.76. The Kier molecular flexibility index (Phi) is 6.03. The van der Waals surface area contributed by atoms with Crippen molar-refractivity contribution in [1.29, 1.82) is 0 Å². The second-order valence-electron chi connectivity index (χ2n) is 1.97. The van der Waals surface area contributed by atoms with Gasteiger partial charge in [0.25, 0.3) is 0 Å². The summed E-state index contributed by atoms with van der Waals surface area (Å²) in [6.45, 7) is 0.701. The molecule has 9 heavy (non-hydrogen) atoms. The quantitative estimate of drug-likeness (QED) is 0.405. The van der Waals surface area contributed by atoms with Crippen molar-refractivity contribution in [3.05, 3.63) is 0 Å². The highest BCUT2D eigenvalue weighted by atomic mass is 16.5. The van der Waals surface area contributed by atoms with Crippen molar-refractivity contribution < 1.29 is 14.8 Å². The van der Waals surface area contributed by atoms with Crippen LogP contribution in [0.2, 0.25) is 6.32 Å². The fraction of sp³-hybridized carbons (Fsp3) is 1.00. The third-order valence-electron chi connectivity index (χ3n) is 1.06. The first-order valence-electron chi connectivity index (χ1n) is 3.12. The van der Waals surface area contributed by atoms with Gasteiger partial charge >= 0.3 is 7.12 Å². The van der Waals surface area contributed by atoms with Crippen LogP contribution < -0.4 is 0 Å². The molecule has 0 aromatic rings. The molecule has 0 amide bonds. The molecule has 4 heteroatoms. The third kappa shape index (κ3) is 7.94. The van der Waals surface area contributed by atoms with Crippen molar-refractivity contribution in [2.24, 2.45) is 0 Å². The van der Waals surface area contributed by atoms with Gasteiger partial charge in [-0.1, -0.05) is 6.42 Å². The fourth-order valence-corrected chi connectivity index (χ4v) is 0.573. The number of methoxy groups -OCH3 is 1. The van der Waals surface area contributed by atoms with Crippen molar-refractivity contribution >= 4 is 7.12 Å². The van der Waals surface area contributed by atoms with Gasteiger partial charge in [0.2, 0.25) is 0 Å². The maximum absolute atomic E-state index is 8.37. The zero-order chi connectivity index (χ0) is 7.11. The Labute approximate surface area is 55.8 Å². The van der Waals surface area contributed by atoms with E-state index in [1.54, 1.807) is 7.11 Å². The zero-order valence-corrected chi connectivity index (χ0v) is 5.71. The van der Waals surface area contributed by atoms with Gasteiger partial charge in [-0.2, -0.15) is 0 Å². The van der Waals surface area contributed by atoms with E-state index < -0.39 is 7.12 Å². The molecule has 0 radical (unpaired) electrons. The lowest BCUT2D eigenvalue weighted by Crippen LogP contribution is -2.09. The first kappa shape index (κ1) is 8.94. The summed E-state index contributed by atoms with van der Waals surface area (Å²) in [5, 5.41) is 16.7. The molecule has 0 aliphatic heterocycles. The molecule has 0 saturated carbocycles. The monoisotopic (exact) mass is 132 g/mol. The van der Waals surface area contributed by atoms with E-state index in [-0.39, 0.29) is 0 Å². The summed E-state index contributed by atoms with van der Waals surface area (Å²) >= 11 is 0. The minimum atomic E-state index is -1.15. The topological polar surface area (TPSA) is 49.7 Å². The van der Waals surface area contributed by atoms with E-state index in [9.17, 15) is 0 Å². The molecule has 0 atom stereocenters. The SMILES string of the molecule is COCCCCB(O)O. The summed E-state index contributed by atoms with van der Waals surface area (Å²) in [7, 11) is 0.483. The summed E-state index contributed by atoms with van der Waals surface area (Å²) in [6, 6.07) is 0. The minimum Gasteiger partial charge on any atom is -0.427 e. The van der Waals surface area contributed by atoms with Gasteiger partial charge in [0.15, 0.2) is 0 Å². The molecule has 0 spiro atoms. The number of unbranched alkanes of at least 4 members (excludes halogenated alkanes) is 1. The maximum Gasteiger partial charge on any atom is 0.451 e. The van der Waals surface area contributed by atoms with E-state index in [4.69, 9.17) is 14.8 Å². The first-order valence-corrected chi connectivity index (χ1v) is 3.12. The lowest BCUT2D eigenvalue weighted by Gasteiger charge is -1.97.